The van der Waals surface area contributed by atoms with Gasteiger partial charge in [0.25, 0.3) is 11.6 Å². The Hall–Kier alpha value is -3.07. The summed E-state index contributed by atoms with van der Waals surface area (Å²) in [5.41, 5.74) is 1.29. The fourth-order valence-corrected chi connectivity index (χ4v) is 3.26. The average Bonchev–Trinajstić information content (AvgIpc) is 2.69. The maximum Gasteiger partial charge on any atom is 0.269 e. The van der Waals surface area contributed by atoms with Crippen molar-refractivity contribution in [1.82, 2.24) is 10.2 Å². The molecule has 0 fully saturated rings. The number of nitro groups is 1. The van der Waals surface area contributed by atoms with Gasteiger partial charge in [0.1, 0.15) is 0 Å². The van der Waals surface area contributed by atoms with E-state index < -0.39 is 4.92 Å². The third-order valence-corrected chi connectivity index (χ3v) is 4.86. The molecule has 2 rings (SSSR count). The molecule has 0 aliphatic carbocycles. The maximum atomic E-state index is 12.5. The van der Waals surface area contributed by atoms with Gasteiger partial charge in [-0.3, -0.25) is 19.7 Å². The van der Waals surface area contributed by atoms with Gasteiger partial charge in [-0.15, -0.1) is 11.8 Å². The molecular formula is C19H22N4O4S. The van der Waals surface area contributed by atoms with Crippen LogP contribution in [0.25, 0.3) is 0 Å². The van der Waals surface area contributed by atoms with Crippen LogP contribution < -0.4 is 10.6 Å². The van der Waals surface area contributed by atoms with Crippen molar-refractivity contribution in [2.45, 2.75) is 4.90 Å². The topological polar surface area (TPSA) is 105 Å². The van der Waals surface area contributed by atoms with Crippen LogP contribution in [0.3, 0.4) is 0 Å². The van der Waals surface area contributed by atoms with Crippen molar-refractivity contribution in [1.29, 1.82) is 0 Å². The number of benzene rings is 2. The van der Waals surface area contributed by atoms with Crippen LogP contribution in [0.1, 0.15) is 10.4 Å². The lowest BCUT2D eigenvalue weighted by Crippen LogP contribution is -2.29. The first kappa shape index (κ1) is 21.2. The number of hydrogen-bond donors (Lipinski definition) is 2. The monoisotopic (exact) mass is 402 g/mol. The largest absolute Gasteiger partial charge is 0.383 e. The van der Waals surface area contributed by atoms with E-state index in [-0.39, 0.29) is 23.3 Å². The van der Waals surface area contributed by atoms with E-state index in [1.165, 1.54) is 28.8 Å². The van der Waals surface area contributed by atoms with Gasteiger partial charge in [0, 0.05) is 49.9 Å². The summed E-state index contributed by atoms with van der Waals surface area (Å²) in [5, 5.41) is 16.6. The van der Waals surface area contributed by atoms with Gasteiger partial charge < -0.3 is 15.5 Å². The summed E-state index contributed by atoms with van der Waals surface area (Å²) in [6.07, 6.45) is 0. The lowest BCUT2D eigenvalue weighted by molar-refractivity contribution is -0.384. The van der Waals surface area contributed by atoms with Crippen LogP contribution >= 0.6 is 11.8 Å². The number of nitrogens with one attached hydrogen (secondary N) is 2. The van der Waals surface area contributed by atoms with Gasteiger partial charge in [0.15, 0.2) is 0 Å². The number of anilines is 1. The number of thioether (sulfide) groups is 1. The maximum absolute atomic E-state index is 12.5. The minimum absolute atomic E-state index is 0.0208. The molecule has 0 aliphatic rings. The van der Waals surface area contributed by atoms with Gasteiger partial charge in [-0.05, 0) is 24.3 Å². The highest BCUT2D eigenvalue weighted by Gasteiger charge is 2.13. The van der Waals surface area contributed by atoms with Gasteiger partial charge in [-0.25, -0.2) is 0 Å². The van der Waals surface area contributed by atoms with E-state index in [0.29, 0.717) is 18.7 Å². The van der Waals surface area contributed by atoms with Crippen LogP contribution in [-0.2, 0) is 4.79 Å². The molecule has 2 aromatic carbocycles. The fraction of sp³-hybridized carbons (Fsp3) is 0.263. The zero-order chi connectivity index (χ0) is 20.5. The summed E-state index contributed by atoms with van der Waals surface area (Å²) >= 11 is 1.33. The number of amides is 2. The molecule has 2 aromatic rings. The number of nitro benzene ring substituents is 1. The minimum atomic E-state index is -0.453. The zero-order valence-electron chi connectivity index (χ0n) is 15.7. The second-order valence-corrected chi connectivity index (χ2v) is 7.08. The highest BCUT2D eigenvalue weighted by atomic mass is 32.2. The van der Waals surface area contributed by atoms with Crippen LogP contribution in [0, 0.1) is 10.1 Å². The highest BCUT2D eigenvalue weighted by Crippen LogP contribution is 2.22. The molecule has 0 spiro atoms. The lowest BCUT2D eigenvalue weighted by Gasteiger charge is -2.12. The summed E-state index contributed by atoms with van der Waals surface area (Å²) in [5.74, 6) is 0.0253. The Kier molecular flexibility index (Phi) is 7.82. The molecule has 0 saturated heterocycles. The molecule has 0 saturated carbocycles. The summed E-state index contributed by atoms with van der Waals surface area (Å²) in [6, 6.07) is 13.2. The van der Waals surface area contributed by atoms with E-state index >= 15 is 0 Å². The van der Waals surface area contributed by atoms with E-state index in [4.69, 9.17) is 0 Å². The van der Waals surface area contributed by atoms with Crippen LogP contribution in [0.4, 0.5) is 11.4 Å². The van der Waals surface area contributed by atoms with E-state index in [1.807, 2.05) is 12.1 Å². The highest BCUT2D eigenvalue weighted by molar-refractivity contribution is 8.00. The Bertz CT molecular complexity index is 840. The molecule has 0 atom stereocenters. The molecule has 148 valence electrons. The molecular weight excluding hydrogens is 380 g/mol. The Morgan fingerprint density at radius 3 is 2.39 bits per heavy atom. The van der Waals surface area contributed by atoms with Crippen LogP contribution in [0.15, 0.2) is 53.4 Å². The summed E-state index contributed by atoms with van der Waals surface area (Å²) < 4.78 is 0. The standard InChI is InChI=1S/C19H22N4O4S/c1-22(2)18(24)13-28-17-6-4-3-5-16(17)19(25)21-12-11-20-14-7-9-15(10-8-14)23(26)27/h3-10,20H,11-13H2,1-2H3,(H,21,25). The summed E-state index contributed by atoms with van der Waals surface area (Å²) in [4.78, 5) is 36.7. The smallest absolute Gasteiger partial charge is 0.269 e. The van der Waals surface area contributed by atoms with E-state index in [1.54, 1.807) is 38.4 Å². The molecule has 8 nitrogen and oxygen atoms in total. The van der Waals surface area contributed by atoms with Crippen molar-refractivity contribution < 1.29 is 14.5 Å². The van der Waals surface area contributed by atoms with Crippen LogP contribution in [-0.4, -0.2) is 54.6 Å². The predicted molar refractivity (Wildman–Crippen MR) is 110 cm³/mol. The first-order valence-corrected chi connectivity index (χ1v) is 9.55. The zero-order valence-corrected chi connectivity index (χ0v) is 16.5. The molecule has 0 heterocycles. The molecule has 0 radical (unpaired) electrons. The Labute approximate surface area is 167 Å². The first-order valence-electron chi connectivity index (χ1n) is 8.57. The van der Waals surface area contributed by atoms with Crippen molar-refractivity contribution in [3.8, 4) is 0 Å². The summed E-state index contributed by atoms with van der Waals surface area (Å²) in [6.45, 7) is 0.851. The SMILES string of the molecule is CN(C)C(=O)CSc1ccccc1C(=O)NCCNc1ccc([N+](=O)[O-])cc1. The number of non-ortho nitro benzene ring substituents is 1. The normalized spacial score (nSPS) is 10.2. The Morgan fingerprint density at radius 1 is 1.07 bits per heavy atom. The molecule has 2 amide bonds. The van der Waals surface area contributed by atoms with E-state index in [0.717, 1.165) is 10.6 Å². The second-order valence-electron chi connectivity index (χ2n) is 6.06. The fourth-order valence-electron chi connectivity index (χ4n) is 2.23. The van der Waals surface area contributed by atoms with Gasteiger partial charge in [0.2, 0.25) is 5.91 Å². The number of nitrogens with zero attached hydrogens (tertiary/aromatic N) is 2. The second kappa shape index (κ2) is 10.3. The number of hydrogen-bond acceptors (Lipinski definition) is 6. The van der Waals surface area contributed by atoms with E-state index in [9.17, 15) is 19.7 Å². The number of carbonyl (C=O) groups is 2. The van der Waals surface area contributed by atoms with Crippen molar-refractivity contribution >= 4 is 35.0 Å². The van der Waals surface area contributed by atoms with Crippen molar-refractivity contribution in [2.24, 2.45) is 0 Å². The van der Waals surface area contributed by atoms with E-state index in [2.05, 4.69) is 10.6 Å². The Morgan fingerprint density at radius 2 is 1.75 bits per heavy atom. The molecule has 0 aromatic heterocycles. The third-order valence-electron chi connectivity index (χ3n) is 3.80. The van der Waals surface area contributed by atoms with Gasteiger partial charge in [-0.2, -0.15) is 0 Å². The molecule has 2 N–H and O–H groups in total. The quantitative estimate of drug-likeness (QED) is 0.289. The molecule has 28 heavy (non-hydrogen) atoms. The van der Waals surface area contributed by atoms with Crippen LogP contribution in [0.2, 0.25) is 0 Å². The van der Waals surface area contributed by atoms with Gasteiger partial charge >= 0.3 is 0 Å². The minimum Gasteiger partial charge on any atom is -0.383 e. The summed E-state index contributed by atoms with van der Waals surface area (Å²) in [7, 11) is 3.39. The molecule has 0 aliphatic heterocycles. The average molecular weight is 402 g/mol. The number of rotatable bonds is 9. The van der Waals surface area contributed by atoms with Crippen molar-refractivity contribution in [3.63, 3.8) is 0 Å². The first-order chi connectivity index (χ1) is 13.4. The van der Waals surface area contributed by atoms with Crippen LogP contribution in [0.5, 0.6) is 0 Å². The molecule has 0 unspecified atom stereocenters. The van der Waals surface area contributed by atoms with Gasteiger partial charge in [0.05, 0.1) is 16.2 Å². The lowest BCUT2D eigenvalue weighted by atomic mass is 10.2. The van der Waals surface area contributed by atoms with Gasteiger partial charge in [-0.1, -0.05) is 12.1 Å². The third kappa shape index (κ3) is 6.27. The molecule has 0 bridgehead atoms. The Balaban J connectivity index is 1.84. The predicted octanol–water partition coefficient (Wildman–Crippen LogP) is 2.62. The molecule has 9 heteroatoms. The number of carbonyl (C=O) groups excluding carboxylic acids is 2. The van der Waals surface area contributed by atoms with Crippen molar-refractivity contribution in [2.75, 3.05) is 38.3 Å². The van der Waals surface area contributed by atoms with Crippen molar-refractivity contribution in [3.05, 3.63) is 64.2 Å².